The summed E-state index contributed by atoms with van der Waals surface area (Å²) in [5.41, 5.74) is 3.17. The standard InChI is InChI=1S/C22H25N3O2/c1-3-8-22(26)23-14-13-21-24-18-10-5-6-11-19(18)25(21)15-16-27-20-12-7-4-9-17(20)2/h3-12H,13-16H2,1-2H3,(H,23,26)/b8-3+. The predicted octanol–water partition coefficient (Wildman–Crippen LogP) is 3.66. The van der Waals surface area contributed by atoms with Crippen LogP contribution < -0.4 is 10.1 Å². The number of benzene rings is 2. The molecule has 1 heterocycles. The summed E-state index contributed by atoms with van der Waals surface area (Å²) in [6.45, 7) is 5.68. The first kappa shape index (κ1) is 18.7. The molecule has 0 aliphatic heterocycles. The summed E-state index contributed by atoms with van der Waals surface area (Å²) < 4.78 is 8.14. The van der Waals surface area contributed by atoms with E-state index in [-0.39, 0.29) is 5.91 Å². The lowest BCUT2D eigenvalue weighted by Crippen LogP contribution is -2.24. The summed E-state index contributed by atoms with van der Waals surface area (Å²) in [6.07, 6.45) is 3.93. The normalized spacial score (nSPS) is 11.2. The molecule has 0 spiro atoms. The number of para-hydroxylation sites is 3. The Morgan fingerprint density at radius 2 is 1.96 bits per heavy atom. The molecule has 1 N–H and O–H groups in total. The summed E-state index contributed by atoms with van der Waals surface area (Å²) >= 11 is 0. The van der Waals surface area contributed by atoms with Gasteiger partial charge in [0.25, 0.3) is 0 Å². The van der Waals surface area contributed by atoms with Gasteiger partial charge in [0.2, 0.25) is 5.91 Å². The van der Waals surface area contributed by atoms with Crippen LogP contribution in [0, 0.1) is 6.92 Å². The van der Waals surface area contributed by atoms with Gasteiger partial charge in [0, 0.05) is 13.0 Å². The third-order valence-electron chi connectivity index (χ3n) is 4.37. The van der Waals surface area contributed by atoms with Gasteiger partial charge in [0.05, 0.1) is 17.6 Å². The van der Waals surface area contributed by atoms with E-state index in [1.807, 2.05) is 56.3 Å². The minimum atomic E-state index is -0.0805. The molecule has 0 aliphatic rings. The lowest BCUT2D eigenvalue weighted by atomic mass is 10.2. The lowest BCUT2D eigenvalue weighted by molar-refractivity contribution is -0.116. The first-order valence-electron chi connectivity index (χ1n) is 9.22. The molecule has 5 nitrogen and oxygen atoms in total. The average Bonchev–Trinajstić information content (AvgIpc) is 3.01. The zero-order chi connectivity index (χ0) is 19.1. The van der Waals surface area contributed by atoms with Crippen LogP contribution >= 0.6 is 0 Å². The highest BCUT2D eigenvalue weighted by Gasteiger charge is 2.11. The molecule has 3 aromatic rings. The van der Waals surface area contributed by atoms with E-state index in [0.717, 1.165) is 28.2 Å². The van der Waals surface area contributed by atoms with Crippen molar-refractivity contribution >= 4 is 16.9 Å². The Hall–Kier alpha value is -3.08. The first-order valence-corrected chi connectivity index (χ1v) is 9.22. The van der Waals surface area contributed by atoms with Gasteiger partial charge in [-0.1, -0.05) is 36.4 Å². The van der Waals surface area contributed by atoms with Crippen LogP contribution in [0.1, 0.15) is 18.3 Å². The van der Waals surface area contributed by atoms with Crippen molar-refractivity contribution in [3.8, 4) is 5.75 Å². The van der Waals surface area contributed by atoms with E-state index in [1.54, 1.807) is 6.08 Å². The van der Waals surface area contributed by atoms with Gasteiger partial charge in [-0.05, 0) is 43.7 Å². The Kier molecular flexibility index (Phi) is 6.26. The number of nitrogens with one attached hydrogen (secondary N) is 1. The molecule has 1 aromatic heterocycles. The van der Waals surface area contributed by atoms with E-state index < -0.39 is 0 Å². The second kappa shape index (κ2) is 9.03. The van der Waals surface area contributed by atoms with Crippen molar-refractivity contribution in [2.45, 2.75) is 26.8 Å². The highest BCUT2D eigenvalue weighted by Crippen LogP contribution is 2.18. The van der Waals surface area contributed by atoms with Crippen LogP contribution in [0.2, 0.25) is 0 Å². The number of nitrogens with zero attached hydrogens (tertiary/aromatic N) is 2. The van der Waals surface area contributed by atoms with Crippen LogP contribution in [-0.2, 0) is 17.8 Å². The van der Waals surface area contributed by atoms with Crippen LogP contribution in [-0.4, -0.2) is 28.6 Å². The van der Waals surface area contributed by atoms with Gasteiger partial charge >= 0.3 is 0 Å². The molecule has 0 aliphatic carbocycles. The van der Waals surface area contributed by atoms with Crippen molar-refractivity contribution in [3.05, 3.63) is 72.1 Å². The highest BCUT2D eigenvalue weighted by molar-refractivity contribution is 5.87. The molecular formula is C22H25N3O2. The maximum Gasteiger partial charge on any atom is 0.243 e. The van der Waals surface area contributed by atoms with E-state index in [1.165, 1.54) is 6.08 Å². The van der Waals surface area contributed by atoms with Crippen molar-refractivity contribution in [1.29, 1.82) is 0 Å². The van der Waals surface area contributed by atoms with E-state index in [2.05, 4.69) is 16.0 Å². The monoisotopic (exact) mass is 363 g/mol. The number of aromatic nitrogens is 2. The SMILES string of the molecule is C/C=C/C(=O)NCCc1nc2ccccc2n1CCOc1ccccc1C. The minimum Gasteiger partial charge on any atom is -0.491 e. The number of carbonyl (C=O) groups excluding carboxylic acids is 1. The molecule has 0 bridgehead atoms. The summed E-state index contributed by atoms with van der Waals surface area (Å²) in [4.78, 5) is 16.3. The second-order valence-corrected chi connectivity index (χ2v) is 6.32. The Bertz CT molecular complexity index is 944. The number of imidazole rings is 1. The minimum absolute atomic E-state index is 0.0805. The topological polar surface area (TPSA) is 56.2 Å². The third kappa shape index (κ3) is 4.76. The van der Waals surface area contributed by atoms with Gasteiger partial charge in [0.1, 0.15) is 18.2 Å². The molecule has 0 saturated carbocycles. The summed E-state index contributed by atoms with van der Waals surface area (Å²) in [7, 11) is 0. The smallest absolute Gasteiger partial charge is 0.243 e. The number of amides is 1. The molecule has 0 saturated heterocycles. The van der Waals surface area contributed by atoms with Crippen molar-refractivity contribution < 1.29 is 9.53 Å². The second-order valence-electron chi connectivity index (χ2n) is 6.32. The van der Waals surface area contributed by atoms with E-state index in [4.69, 9.17) is 9.72 Å². The molecule has 5 heteroatoms. The third-order valence-corrected chi connectivity index (χ3v) is 4.37. The number of aryl methyl sites for hydroxylation is 1. The molecule has 3 rings (SSSR count). The van der Waals surface area contributed by atoms with Crippen LogP contribution in [0.25, 0.3) is 11.0 Å². The van der Waals surface area contributed by atoms with Gasteiger partial charge < -0.3 is 14.6 Å². The number of carbonyl (C=O) groups is 1. The van der Waals surface area contributed by atoms with Gasteiger partial charge in [0.15, 0.2) is 0 Å². The summed E-state index contributed by atoms with van der Waals surface area (Å²) in [5, 5.41) is 2.88. The fourth-order valence-electron chi connectivity index (χ4n) is 3.04. The van der Waals surface area contributed by atoms with Crippen molar-refractivity contribution in [2.24, 2.45) is 0 Å². The Morgan fingerprint density at radius 1 is 1.19 bits per heavy atom. The molecule has 27 heavy (non-hydrogen) atoms. The molecule has 2 aromatic carbocycles. The molecule has 0 atom stereocenters. The Labute approximate surface area is 159 Å². The van der Waals surface area contributed by atoms with Gasteiger partial charge in [-0.2, -0.15) is 0 Å². The van der Waals surface area contributed by atoms with Crippen molar-refractivity contribution in [1.82, 2.24) is 14.9 Å². The zero-order valence-electron chi connectivity index (χ0n) is 15.8. The molecule has 0 fully saturated rings. The van der Waals surface area contributed by atoms with Gasteiger partial charge in [-0.15, -0.1) is 0 Å². The van der Waals surface area contributed by atoms with Crippen LogP contribution in [0.3, 0.4) is 0 Å². The zero-order valence-corrected chi connectivity index (χ0v) is 15.8. The quantitative estimate of drug-likeness (QED) is 0.622. The number of ether oxygens (including phenoxy) is 1. The maximum atomic E-state index is 11.6. The number of rotatable bonds is 8. The molecular weight excluding hydrogens is 338 g/mol. The molecule has 140 valence electrons. The van der Waals surface area contributed by atoms with E-state index in [9.17, 15) is 4.79 Å². The van der Waals surface area contributed by atoms with Gasteiger partial charge in [-0.25, -0.2) is 4.98 Å². The Morgan fingerprint density at radius 3 is 2.78 bits per heavy atom. The number of allylic oxidation sites excluding steroid dienone is 1. The molecule has 1 amide bonds. The van der Waals surface area contributed by atoms with Crippen LogP contribution in [0.4, 0.5) is 0 Å². The largest absolute Gasteiger partial charge is 0.491 e. The average molecular weight is 363 g/mol. The summed E-state index contributed by atoms with van der Waals surface area (Å²) in [5.74, 6) is 1.77. The van der Waals surface area contributed by atoms with Crippen molar-refractivity contribution in [2.75, 3.05) is 13.2 Å². The maximum absolute atomic E-state index is 11.6. The molecule has 0 unspecified atom stereocenters. The van der Waals surface area contributed by atoms with E-state index in [0.29, 0.717) is 26.1 Å². The fraction of sp³-hybridized carbons (Fsp3) is 0.273. The van der Waals surface area contributed by atoms with E-state index >= 15 is 0 Å². The van der Waals surface area contributed by atoms with Crippen LogP contribution in [0.5, 0.6) is 5.75 Å². The number of hydrogen-bond donors (Lipinski definition) is 1. The van der Waals surface area contributed by atoms with Crippen LogP contribution in [0.15, 0.2) is 60.7 Å². The van der Waals surface area contributed by atoms with Crippen molar-refractivity contribution in [3.63, 3.8) is 0 Å². The predicted molar refractivity (Wildman–Crippen MR) is 108 cm³/mol. The lowest BCUT2D eigenvalue weighted by Gasteiger charge is -2.12. The fourth-order valence-corrected chi connectivity index (χ4v) is 3.04. The summed E-state index contributed by atoms with van der Waals surface area (Å²) in [6, 6.07) is 16.1. The molecule has 0 radical (unpaired) electrons. The first-order chi connectivity index (χ1) is 13.2. The highest BCUT2D eigenvalue weighted by atomic mass is 16.5. The number of hydrogen-bond acceptors (Lipinski definition) is 3. The number of fused-ring (bicyclic) bond motifs is 1. The Balaban J connectivity index is 1.70. The van der Waals surface area contributed by atoms with Gasteiger partial charge in [-0.3, -0.25) is 4.79 Å².